The van der Waals surface area contributed by atoms with E-state index in [4.69, 9.17) is 0 Å². The van der Waals surface area contributed by atoms with Gasteiger partial charge in [-0.1, -0.05) is 98.6 Å². The van der Waals surface area contributed by atoms with Crippen LogP contribution in [0.2, 0.25) is 0 Å². The highest BCUT2D eigenvalue weighted by Crippen LogP contribution is 2.27. The van der Waals surface area contributed by atoms with Crippen molar-refractivity contribution < 1.29 is 18.0 Å². The van der Waals surface area contributed by atoms with Gasteiger partial charge in [0.15, 0.2) is 0 Å². The van der Waals surface area contributed by atoms with Crippen LogP contribution in [0.25, 0.3) is 0 Å². The molecule has 0 unspecified atom stereocenters. The number of sulfonamides is 1. The van der Waals surface area contributed by atoms with Crippen LogP contribution in [0.15, 0.2) is 123 Å². The average Bonchev–Trinajstić information content (AvgIpc) is 2.98. The minimum absolute atomic E-state index is 0.0553. The van der Waals surface area contributed by atoms with E-state index in [0.29, 0.717) is 10.2 Å². The largest absolute Gasteiger partial charge is 0.352 e. The second-order valence-electron chi connectivity index (χ2n) is 10.3. The molecule has 43 heavy (non-hydrogen) atoms. The summed E-state index contributed by atoms with van der Waals surface area (Å²) in [5, 5.41) is 2.96. The van der Waals surface area contributed by atoms with Gasteiger partial charge in [0.25, 0.3) is 10.0 Å². The molecule has 0 aliphatic carbocycles. The van der Waals surface area contributed by atoms with E-state index >= 15 is 0 Å². The number of carbonyl (C=O) groups excluding carboxylic acids is 2. The van der Waals surface area contributed by atoms with E-state index in [9.17, 15) is 18.0 Å². The Bertz CT molecular complexity index is 1650. The maximum absolute atomic E-state index is 14.4. The maximum Gasteiger partial charge on any atom is 0.264 e. The second kappa shape index (κ2) is 14.8. The molecule has 224 valence electrons. The molecule has 0 saturated heterocycles. The molecule has 0 spiro atoms. The predicted octanol–water partition coefficient (Wildman–Crippen LogP) is 6.57. The van der Waals surface area contributed by atoms with Gasteiger partial charge in [-0.05, 0) is 67.4 Å². The Labute approximate surface area is 270 Å². The monoisotopic (exact) mass is 725 g/mol. The summed E-state index contributed by atoms with van der Waals surface area (Å²) in [7, 11) is -4.15. The quantitative estimate of drug-likeness (QED) is 0.179. The molecule has 0 heterocycles. The zero-order valence-corrected chi connectivity index (χ0v) is 27.8. The predicted molar refractivity (Wildman–Crippen MR) is 177 cm³/mol. The minimum Gasteiger partial charge on any atom is -0.352 e. The summed E-state index contributed by atoms with van der Waals surface area (Å²) < 4.78 is 30.6. The fraction of sp³-hybridized carbons (Fsp3) is 0.212. The highest BCUT2D eigenvalue weighted by Gasteiger charge is 2.34. The van der Waals surface area contributed by atoms with Crippen LogP contribution in [0, 0.1) is 0 Å². The van der Waals surface area contributed by atoms with Crippen molar-refractivity contribution >= 4 is 59.4 Å². The zero-order chi connectivity index (χ0) is 31.0. The van der Waals surface area contributed by atoms with Gasteiger partial charge in [-0.15, -0.1) is 0 Å². The molecule has 1 atom stereocenters. The molecule has 4 aromatic carbocycles. The lowest BCUT2D eigenvalue weighted by molar-refractivity contribution is -0.140. The van der Waals surface area contributed by atoms with Crippen molar-refractivity contribution in [2.75, 3.05) is 10.8 Å². The molecule has 0 bridgehead atoms. The zero-order valence-electron chi connectivity index (χ0n) is 23.9. The van der Waals surface area contributed by atoms with E-state index in [-0.39, 0.29) is 29.8 Å². The summed E-state index contributed by atoms with van der Waals surface area (Å²) in [4.78, 5) is 29.7. The van der Waals surface area contributed by atoms with Crippen molar-refractivity contribution in [3.8, 4) is 0 Å². The average molecular weight is 728 g/mol. The number of benzene rings is 4. The maximum atomic E-state index is 14.4. The van der Waals surface area contributed by atoms with Crippen LogP contribution in [-0.4, -0.2) is 43.8 Å². The Kier molecular flexibility index (Phi) is 11.2. The van der Waals surface area contributed by atoms with E-state index < -0.39 is 28.5 Å². The van der Waals surface area contributed by atoms with E-state index in [1.165, 1.54) is 17.0 Å². The Morgan fingerprint density at radius 3 is 1.95 bits per heavy atom. The van der Waals surface area contributed by atoms with Gasteiger partial charge in [-0.25, -0.2) is 8.42 Å². The van der Waals surface area contributed by atoms with E-state index in [1.54, 1.807) is 42.5 Å². The normalized spacial score (nSPS) is 12.0. The lowest BCUT2D eigenvalue weighted by Gasteiger charge is -2.34. The van der Waals surface area contributed by atoms with Gasteiger partial charge in [0.2, 0.25) is 11.8 Å². The molecule has 10 heteroatoms. The molecule has 1 N–H and O–H groups in total. The molecule has 2 amide bonds. The first-order chi connectivity index (χ1) is 20.5. The summed E-state index contributed by atoms with van der Waals surface area (Å²) in [6, 6.07) is 30.7. The first-order valence-electron chi connectivity index (χ1n) is 13.8. The van der Waals surface area contributed by atoms with Crippen molar-refractivity contribution in [1.29, 1.82) is 0 Å². The van der Waals surface area contributed by atoms with Crippen LogP contribution < -0.4 is 9.62 Å². The first kappa shape index (κ1) is 32.4. The van der Waals surface area contributed by atoms with Crippen molar-refractivity contribution in [3.63, 3.8) is 0 Å². The van der Waals surface area contributed by atoms with Gasteiger partial charge < -0.3 is 10.2 Å². The number of nitrogens with one attached hydrogen (secondary N) is 1. The fourth-order valence-corrected chi connectivity index (χ4v) is 6.91. The van der Waals surface area contributed by atoms with Gasteiger partial charge in [0, 0.05) is 28.0 Å². The number of halogens is 2. The molecular weight excluding hydrogens is 694 g/mol. The minimum atomic E-state index is -4.15. The second-order valence-corrected chi connectivity index (χ2v) is 14.0. The van der Waals surface area contributed by atoms with E-state index in [1.807, 2.05) is 68.4 Å². The van der Waals surface area contributed by atoms with Crippen LogP contribution in [0.5, 0.6) is 0 Å². The van der Waals surface area contributed by atoms with Crippen LogP contribution in [0.4, 0.5) is 5.69 Å². The van der Waals surface area contributed by atoms with Crippen molar-refractivity contribution in [1.82, 2.24) is 10.2 Å². The lowest BCUT2D eigenvalue weighted by Crippen LogP contribution is -2.54. The number of carbonyl (C=O) groups is 2. The number of amides is 2. The molecule has 0 aliphatic rings. The van der Waals surface area contributed by atoms with Crippen molar-refractivity contribution in [2.24, 2.45) is 0 Å². The number of nitrogens with zero attached hydrogens (tertiary/aromatic N) is 2. The Balaban J connectivity index is 1.80. The van der Waals surface area contributed by atoms with E-state index in [2.05, 4.69) is 37.2 Å². The Morgan fingerprint density at radius 2 is 1.35 bits per heavy atom. The molecule has 7 nitrogen and oxygen atoms in total. The highest BCUT2D eigenvalue weighted by atomic mass is 79.9. The molecule has 0 saturated carbocycles. The third kappa shape index (κ3) is 8.78. The molecule has 4 rings (SSSR count). The number of rotatable bonds is 12. The van der Waals surface area contributed by atoms with Crippen LogP contribution in [0.3, 0.4) is 0 Å². The smallest absolute Gasteiger partial charge is 0.264 e. The summed E-state index contributed by atoms with van der Waals surface area (Å²) in [5.74, 6) is -0.832. The van der Waals surface area contributed by atoms with Gasteiger partial charge >= 0.3 is 0 Å². The highest BCUT2D eigenvalue weighted by molar-refractivity contribution is 9.10. The van der Waals surface area contributed by atoms with Gasteiger partial charge in [0.1, 0.15) is 12.6 Å². The van der Waals surface area contributed by atoms with Gasteiger partial charge in [-0.2, -0.15) is 0 Å². The summed E-state index contributed by atoms with van der Waals surface area (Å²) in [6.07, 6.45) is 0.251. The standard InChI is InChI=1S/C33H33Br2N3O4S/c1-24(2)36-33(40)31(20-25-11-5-3-6-12-25)37(22-26-13-9-14-27(34)19-26)32(39)23-38(29-16-10-15-28(35)21-29)43(41,42)30-17-7-4-8-18-30/h3-19,21,24,31H,20,22-23H2,1-2H3,(H,36,40)/t31-/m1/s1. The van der Waals surface area contributed by atoms with E-state index in [0.717, 1.165) is 19.9 Å². The van der Waals surface area contributed by atoms with Crippen LogP contribution >= 0.6 is 31.9 Å². The third-order valence-electron chi connectivity index (χ3n) is 6.65. The van der Waals surface area contributed by atoms with Crippen LogP contribution in [0.1, 0.15) is 25.0 Å². The van der Waals surface area contributed by atoms with Crippen LogP contribution in [-0.2, 0) is 32.6 Å². The lowest BCUT2D eigenvalue weighted by atomic mass is 10.0. The topological polar surface area (TPSA) is 86.8 Å². The van der Waals surface area contributed by atoms with Gasteiger partial charge in [-0.3, -0.25) is 13.9 Å². The molecule has 0 aliphatic heterocycles. The van der Waals surface area contributed by atoms with Crippen molar-refractivity contribution in [3.05, 3.63) is 129 Å². The Morgan fingerprint density at radius 1 is 0.767 bits per heavy atom. The fourth-order valence-electron chi connectivity index (χ4n) is 4.65. The molecule has 0 fully saturated rings. The first-order valence-corrected chi connectivity index (χ1v) is 16.8. The molecular formula is C33H33Br2N3O4S. The molecule has 4 aromatic rings. The Hall–Kier alpha value is -3.47. The van der Waals surface area contributed by atoms with Crippen molar-refractivity contribution in [2.45, 2.75) is 43.8 Å². The number of anilines is 1. The SMILES string of the molecule is CC(C)NC(=O)[C@@H](Cc1ccccc1)N(Cc1cccc(Br)c1)C(=O)CN(c1cccc(Br)c1)S(=O)(=O)c1ccccc1. The summed E-state index contributed by atoms with van der Waals surface area (Å²) in [5.41, 5.74) is 1.98. The third-order valence-corrected chi connectivity index (χ3v) is 9.42. The summed E-state index contributed by atoms with van der Waals surface area (Å²) >= 11 is 6.92. The number of hydrogen-bond donors (Lipinski definition) is 1. The van der Waals surface area contributed by atoms with Gasteiger partial charge in [0.05, 0.1) is 10.6 Å². The molecule has 0 radical (unpaired) electrons. The molecule has 0 aromatic heterocycles. The number of hydrogen-bond acceptors (Lipinski definition) is 4. The summed E-state index contributed by atoms with van der Waals surface area (Å²) in [6.45, 7) is 3.31.